The summed E-state index contributed by atoms with van der Waals surface area (Å²) in [5, 5.41) is 9.01. The Balaban J connectivity index is 0.000000292. The third-order valence-electron chi connectivity index (χ3n) is 7.16. The van der Waals surface area contributed by atoms with Gasteiger partial charge in [-0.1, -0.05) is 41.9 Å². The van der Waals surface area contributed by atoms with E-state index in [0.717, 1.165) is 61.0 Å². The van der Waals surface area contributed by atoms with E-state index in [1.807, 2.05) is 45.5 Å². The number of benzene rings is 3. The molecule has 3 aromatic carbocycles. The molecule has 1 aliphatic rings. The molecule has 39 heavy (non-hydrogen) atoms. The number of likely N-dealkylation sites (tertiary alicyclic amines) is 1. The molecule has 0 amide bonds. The Bertz CT molecular complexity index is 1690. The fourth-order valence-corrected chi connectivity index (χ4v) is 5.40. The van der Waals surface area contributed by atoms with E-state index >= 15 is 0 Å². The van der Waals surface area contributed by atoms with Crippen LogP contribution in [0.15, 0.2) is 82.4 Å². The number of aromatic amines is 2. The van der Waals surface area contributed by atoms with Gasteiger partial charge in [0.25, 0.3) is 0 Å². The minimum atomic E-state index is -0.879. The average Bonchev–Trinajstić information content (AvgIpc) is 3.44. The highest BCUT2D eigenvalue weighted by Gasteiger charge is 2.23. The van der Waals surface area contributed by atoms with Crippen LogP contribution in [0.25, 0.3) is 22.1 Å². The Kier molecular flexibility index (Phi) is 7.99. The van der Waals surface area contributed by atoms with Crippen molar-refractivity contribution in [1.29, 1.82) is 0 Å². The number of fused-ring (bicyclic) bond motifs is 2. The predicted octanol–water partition coefficient (Wildman–Crippen LogP) is 4.74. The second-order valence-electron chi connectivity index (χ2n) is 9.66. The Morgan fingerprint density at radius 3 is 2.26 bits per heavy atom. The van der Waals surface area contributed by atoms with Gasteiger partial charge in [-0.15, -0.1) is 0 Å². The van der Waals surface area contributed by atoms with Crippen LogP contribution in [0.3, 0.4) is 0 Å². The molecule has 0 unspecified atom stereocenters. The van der Waals surface area contributed by atoms with Crippen LogP contribution in [-0.2, 0) is 6.54 Å². The zero-order valence-electron chi connectivity index (χ0n) is 21.3. The summed E-state index contributed by atoms with van der Waals surface area (Å²) in [5.41, 5.74) is 3.77. The minimum Gasteiger partial charge on any atom is -0.478 e. The summed E-state index contributed by atoms with van der Waals surface area (Å²) in [6.07, 6.45) is 2.78. The lowest BCUT2D eigenvalue weighted by Gasteiger charge is -2.32. The lowest BCUT2D eigenvalue weighted by atomic mass is 10.0. The summed E-state index contributed by atoms with van der Waals surface area (Å²) >= 11 is 6.05. The van der Waals surface area contributed by atoms with Gasteiger partial charge in [-0.05, 0) is 68.3 Å². The van der Waals surface area contributed by atoms with E-state index in [1.165, 1.54) is 0 Å². The standard InChI is InChI=1S/C22H24ClN5O2.C7H6O2/c23-15-6-7-20-18(14-15)25-22(30)28(20)16-8-12-26(13-9-16)10-3-11-27-19-5-2-1-4-17(19)24-21(27)29;8-7(9)6-4-2-1-3-5-6/h1-2,4-7,14,16H,3,8-13H2,(H,24,29)(H,25,30);1-5H,(H,8,9). The molecule has 3 heterocycles. The molecule has 1 saturated heterocycles. The van der Waals surface area contributed by atoms with Gasteiger partial charge in [-0.2, -0.15) is 0 Å². The Morgan fingerprint density at radius 1 is 0.846 bits per heavy atom. The first-order valence-electron chi connectivity index (χ1n) is 13.0. The molecular weight excluding hydrogens is 518 g/mol. The summed E-state index contributed by atoms with van der Waals surface area (Å²) in [5.74, 6) is -0.879. The number of aromatic nitrogens is 4. The maximum Gasteiger partial charge on any atom is 0.335 e. The number of aryl methyl sites for hydroxylation is 1. The predicted molar refractivity (Wildman–Crippen MR) is 153 cm³/mol. The number of piperidine rings is 1. The van der Waals surface area contributed by atoms with Crippen LogP contribution in [0.1, 0.15) is 35.7 Å². The van der Waals surface area contributed by atoms with Crippen molar-refractivity contribution in [1.82, 2.24) is 24.0 Å². The van der Waals surface area contributed by atoms with E-state index in [9.17, 15) is 14.4 Å². The van der Waals surface area contributed by atoms with E-state index in [1.54, 1.807) is 36.4 Å². The number of imidazole rings is 2. The van der Waals surface area contributed by atoms with Gasteiger partial charge in [0.15, 0.2) is 0 Å². The molecule has 1 aliphatic heterocycles. The first-order chi connectivity index (χ1) is 18.9. The summed E-state index contributed by atoms with van der Waals surface area (Å²) in [4.78, 5) is 43.1. The molecule has 0 bridgehead atoms. The molecule has 3 N–H and O–H groups in total. The number of hydrogen-bond donors (Lipinski definition) is 3. The van der Waals surface area contributed by atoms with Gasteiger partial charge >= 0.3 is 17.3 Å². The first-order valence-corrected chi connectivity index (χ1v) is 13.4. The van der Waals surface area contributed by atoms with Crippen molar-refractivity contribution in [2.45, 2.75) is 31.8 Å². The second-order valence-corrected chi connectivity index (χ2v) is 10.1. The Hall–Kier alpha value is -4.08. The van der Waals surface area contributed by atoms with Crippen molar-refractivity contribution in [3.63, 3.8) is 0 Å². The van der Waals surface area contributed by atoms with Gasteiger partial charge < -0.3 is 20.0 Å². The van der Waals surface area contributed by atoms with E-state index in [4.69, 9.17) is 16.7 Å². The maximum atomic E-state index is 12.5. The van der Waals surface area contributed by atoms with E-state index < -0.39 is 5.97 Å². The Morgan fingerprint density at radius 2 is 1.54 bits per heavy atom. The van der Waals surface area contributed by atoms with Crippen molar-refractivity contribution in [2.24, 2.45) is 0 Å². The fraction of sp³-hybridized carbons (Fsp3) is 0.276. The molecule has 0 radical (unpaired) electrons. The molecule has 0 saturated carbocycles. The van der Waals surface area contributed by atoms with E-state index in [2.05, 4.69) is 14.9 Å². The lowest BCUT2D eigenvalue weighted by molar-refractivity contribution is 0.0697. The van der Waals surface area contributed by atoms with Crippen molar-refractivity contribution < 1.29 is 9.90 Å². The number of rotatable bonds is 6. The smallest absolute Gasteiger partial charge is 0.335 e. The normalized spacial score (nSPS) is 14.4. The minimum absolute atomic E-state index is 0.0475. The molecule has 10 heteroatoms. The average molecular weight is 548 g/mol. The third-order valence-corrected chi connectivity index (χ3v) is 7.39. The van der Waals surface area contributed by atoms with Crippen molar-refractivity contribution in [2.75, 3.05) is 19.6 Å². The topological polar surface area (TPSA) is 116 Å². The van der Waals surface area contributed by atoms with E-state index in [0.29, 0.717) is 17.1 Å². The van der Waals surface area contributed by atoms with Gasteiger partial charge in [0.05, 0.1) is 27.6 Å². The number of halogens is 1. The number of para-hydroxylation sites is 2. The Labute approximate surface area is 229 Å². The zero-order valence-corrected chi connectivity index (χ0v) is 22.1. The number of aromatic carboxylic acids is 1. The zero-order chi connectivity index (χ0) is 27.4. The fourth-order valence-electron chi connectivity index (χ4n) is 5.23. The van der Waals surface area contributed by atoms with E-state index in [-0.39, 0.29) is 17.4 Å². The number of hydrogen-bond acceptors (Lipinski definition) is 4. The van der Waals surface area contributed by atoms with Crippen molar-refractivity contribution in [3.8, 4) is 0 Å². The molecule has 1 fully saturated rings. The summed E-state index contributed by atoms with van der Waals surface area (Å²) in [7, 11) is 0. The van der Waals surface area contributed by atoms with Crippen LogP contribution in [0, 0.1) is 0 Å². The summed E-state index contributed by atoms with van der Waals surface area (Å²) in [6.45, 7) is 3.53. The SMILES string of the molecule is O=C(O)c1ccccc1.O=c1[nH]c2ccccc2n1CCCN1CCC(n2c(=O)[nH]c3cc(Cl)ccc32)CC1. The number of carboxylic acids is 1. The monoisotopic (exact) mass is 547 g/mol. The van der Waals surface area contributed by atoms with Crippen LogP contribution in [0.4, 0.5) is 0 Å². The highest BCUT2D eigenvalue weighted by molar-refractivity contribution is 6.31. The number of H-pyrrole nitrogens is 2. The second kappa shape index (κ2) is 11.8. The largest absolute Gasteiger partial charge is 0.478 e. The summed E-state index contributed by atoms with van der Waals surface area (Å²) < 4.78 is 3.70. The van der Waals surface area contributed by atoms with Crippen molar-refractivity contribution in [3.05, 3.63) is 104 Å². The molecule has 0 atom stereocenters. The number of nitrogens with one attached hydrogen (secondary N) is 2. The molecule has 5 aromatic rings. The van der Waals surface area contributed by atoms with Gasteiger partial charge in [0.2, 0.25) is 0 Å². The van der Waals surface area contributed by atoms with Crippen molar-refractivity contribution >= 4 is 39.6 Å². The molecule has 202 valence electrons. The maximum absolute atomic E-state index is 12.5. The molecular formula is C29H30ClN5O4. The lowest BCUT2D eigenvalue weighted by Crippen LogP contribution is -2.37. The highest BCUT2D eigenvalue weighted by Crippen LogP contribution is 2.26. The van der Waals surface area contributed by atoms with Crippen LogP contribution in [-0.4, -0.2) is 54.7 Å². The van der Waals surface area contributed by atoms with Crippen LogP contribution < -0.4 is 11.4 Å². The highest BCUT2D eigenvalue weighted by atomic mass is 35.5. The molecule has 9 nitrogen and oxygen atoms in total. The van der Waals surface area contributed by atoms with Crippen LogP contribution in [0.2, 0.25) is 5.02 Å². The number of carboxylic acid groups (broad SMARTS) is 1. The third kappa shape index (κ3) is 6.00. The van der Waals surface area contributed by atoms with Crippen LogP contribution >= 0.6 is 11.6 Å². The summed E-state index contributed by atoms with van der Waals surface area (Å²) in [6, 6.07) is 21.8. The molecule has 0 aliphatic carbocycles. The van der Waals surface area contributed by atoms with Gasteiger partial charge in [0, 0.05) is 30.7 Å². The number of nitrogens with zero attached hydrogens (tertiary/aromatic N) is 3. The molecule has 0 spiro atoms. The molecule has 2 aromatic heterocycles. The molecule has 6 rings (SSSR count). The van der Waals surface area contributed by atoms with Gasteiger partial charge in [-0.3, -0.25) is 9.13 Å². The van der Waals surface area contributed by atoms with Crippen LogP contribution in [0.5, 0.6) is 0 Å². The van der Waals surface area contributed by atoms with Gasteiger partial charge in [0.1, 0.15) is 0 Å². The quantitative estimate of drug-likeness (QED) is 0.284. The first kappa shape index (κ1) is 26.5. The van der Waals surface area contributed by atoms with Gasteiger partial charge in [-0.25, -0.2) is 14.4 Å². The number of carbonyl (C=O) groups is 1.